The fourth-order valence-electron chi connectivity index (χ4n) is 8.55. The van der Waals surface area contributed by atoms with Crippen LogP contribution < -0.4 is 0 Å². The van der Waals surface area contributed by atoms with Crippen LogP contribution in [0.15, 0.2) is 23.5 Å². The number of ether oxygens (including phenoxy) is 4. The number of aldehydes is 1. The van der Waals surface area contributed by atoms with Crippen LogP contribution >= 0.6 is 0 Å². The van der Waals surface area contributed by atoms with Gasteiger partial charge in [-0.1, -0.05) is 26.8 Å². The van der Waals surface area contributed by atoms with Gasteiger partial charge in [0.2, 0.25) is 5.91 Å². The molecule has 2 saturated heterocycles. The predicted molar refractivity (Wildman–Crippen MR) is 190 cm³/mol. The third-order valence-corrected chi connectivity index (χ3v) is 11.8. The highest BCUT2D eigenvalue weighted by atomic mass is 16.6. The lowest BCUT2D eigenvalue weighted by Gasteiger charge is -2.47. The molecule has 3 heterocycles. The zero-order chi connectivity index (χ0) is 38.3. The largest absolute Gasteiger partial charge is 0.513 e. The molecular formula is C39H61NO12. The SMILES string of the molecule is CO[C@H]1C[C@@H](C)C/C(O)=C/CC(=O)C[C@H](O)[C@@H](C)[C@@H](/C(C)=C/[C@@H]2CC[C@@H](O)[C@H](OC)C2)OC(=O)[C@@H]2CCCN2C(=O)C[C@]2(O)O[C@H]1[C@@H](C=O)C[C@H]2C. The average Bonchev–Trinajstić information content (AvgIpc) is 3.60. The summed E-state index contributed by atoms with van der Waals surface area (Å²) in [6.07, 6.45) is 2.36. The van der Waals surface area contributed by atoms with Gasteiger partial charge in [-0.25, -0.2) is 4.79 Å². The third-order valence-electron chi connectivity index (χ3n) is 11.8. The molecule has 3 aliphatic heterocycles. The summed E-state index contributed by atoms with van der Waals surface area (Å²) in [4.78, 5) is 54.6. The number of methoxy groups -OCH3 is 2. The molecule has 1 aliphatic carbocycles. The van der Waals surface area contributed by atoms with Crippen LogP contribution in [0.1, 0.15) is 98.3 Å². The number of hydrogen-bond acceptors (Lipinski definition) is 12. The van der Waals surface area contributed by atoms with Gasteiger partial charge in [0.1, 0.15) is 24.2 Å². The number of cyclic esters (lactones) is 1. The van der Waals surface area contributed by atoms with Crippen molar-refractivity contribution in [3.8, 4) is 0 Å². The lowest BCUT2D eigenvalue weighted by molar-refractivity contribution is -0.306. The van der Waals surface area contributed by atoms with E-state index >= 15 is 0 Å². The highest BCUT2D eigenvalue weighted by molar-refractivity contribution is 5.86. The molecule has 0 spiro atoms. The van der Waals surface area contributed by atoms with Crippen molar-refractivity contribution in [1.82, 2.24) is 4.90 Å². The predicted octanol–water partition coefficient (Wildman–Crippen LogP) is 3.56. The molecule has 1 amide bonds. The number of carbonyl (C=O) groups excluding carboxylic acids is 4. The summed E-state index contributed by atoms with van der Waals surface area (Å²) in [6, 6.07) is -0.938. The summed E-state index contributed by atoms with van der Waals surface area (Å²) >= 11 is 0. The number of aliphatic hydroxyl groups excluding tert-OH is 3. The van der Waals surface area contributed by atoms with E-state index in [1.54, 1.807) is 21.0 Å². The van der Waals surface area contributed by atoms with Gasteiger partial charge in [-0.15, -0.1) is 0 Å². The first kappa shape index (κ1) is 42.1. The highest BCUT2D eigenvalue weighted by Gasteiger charge is 2.51. The van der Waals surface area contributed by atoms with E-state index < -0.39 is 78.4 Å². The molecule has 0 aromatic rings. The average molecular weight is 736 g/mol. The molecule has 0 unspecified atom stereocenters. The Morgan fingerprint density at radius 1 is 0.981 bits per heavy atom. The number of hydrogen-bond donors (Lipinski definition) is 4. The van der Waals surface area contributed by atoms with Crippen molar-refractivity contribution in [3.63, 3.8) is 0 Å². The minimum atomic E-state index is -1.94. The van der Waals surface area contributed by atoms with Crippen LogP contribution in [0.25, 0.3) is 0 Å². The van der Waals surface area contributed by atoms with E-state index in [2.05, 4.69) is 0 Å². The van der Waals surface area contributed by atoms with Gasteiger partial charge in [-0.3, -0.25) is 9.59 Å². The monoisotopic (exact) mass is 735 g/mol. The smallest absolute Gasteiger partial charge is 0.329 e. The highest BCUT2D eigenvalue weighted by Crippen LogP contribution is 2.41. The van der Waals surface area contributed by atoms with Crippen LogP contribution in [-0.4, -0.2) is 118 Å². The van der Waals surface area contributed by atoms with E-state index in [1.165, 1.54) is 18.1 Å². The van der Waals surface area contributed by atoms with Gasteiger partial charge in [0, 0.05) is 57.8 Å². The van der Waals surface area contributed by atoms with Crippen LogP contribution in [0.4, 0.5) is 0 Å². The van der Waals surface area contributed by atoms with Gasteiger partial charge in [-0.2, -0.15) is 0 Å². The van der Waals surface area contributed by atoms with E-state index in [0.717, 1.165) is 6.29 Å². The first-order valence-electron chi connectivity index (χ1n) is 19.0. The minimum absolute atomic E-state index is 0.00510. The normalized spacial score (nSPS) is 42.0. The van der Waals surface area contributed by atoms with Gasteiger partial charge in [0.15, 0.2) is 5.79 Å². The summed E-state index contributed by atoms with van der Waals surface area (Å²) in [7, 11) is 3.04. The Morgan fingerprint density at radius 2 is 1.69 bits per heavy atom. The third kappa shape index (κ3) is 10.3. The molecule has 13 nitrogen and oxygen atoms in total. The molecule has 0 aromatic carbocycles. The van der Waals surface area contributed by atoms with Gasteiger partial charge < -0.3 is 49.1 Å². The molecule has 0 aromatic heterocycles. The molecule has 4 N–H and O–H groups in total. The molecule has 13 heteroatoms. The lowest BCUT2D eigenvalue weighted by atomic mass is 9.79. The second-order valence-corrected chi connectivity index (χ2v) is 15.9. The Hall–Kier alpha value is -2.68. The Labute approximate surface area is 307 Å². The Balaban J connectivity index is 1.67. The van der Waals surface area contributed by atoms with Gasteiger partial charge in [0.25, 0.3) is 0 Å². The first-order valence-corrected chi connectivity index (χ1v) is 19.0. The van der Waals surface area contributed by atoms with Crippen LogP contribution in [0.5, 0.6) is 0 Å². The molecule has 3 fully saturated rings. The van der Waals surface area contributed by atoms with E-state index in [-0.39, 0.29) is 61.7 Å². The summed E-state index contributed by atoms with van der Waals surface area (Å²) in [5.41, 5.74) is 0.673. The van der Waals surface area contributed by atoms with Crippen molar-refractivity contribution < 1.29 is 58.6 Å². The molecule has 0 radical (unpaired) electrons. The van der Waals surface area contributed by atoms with Gasteiger partial charge in [-0.05, 0) is 75.4 Å². The first-order chi connectivity index (χ1) is 24.6. The number of Topliss-reactive ketones (excluding diaryl/α,β-unsaturated/α-hetero) is 1. The maximum atomic E-state index is 14.0. The number of ketones is 1. The topological polar surface area (TPSA) is 189 Å². The quantitative estimate of drug-likeness (QED) is 0.183. The Kier molecular flexibility index (Phi) is 15.0. The van der Waals surface area contributed by atoms with Gasteiger partial charge in [0.05, 0.1) is 42.7 Å². The van der Waals surface area contributed by atoms with Crippen LogP contribution in [-0.2, 0) is 38.1 Å². The molecular weight excluding hydrogens is 674 g/mol. The van der Waals surface area contributed by atoms with Crippen molar-refractivity contribution >= 4 is 23.9 Å². The molecule has 1 saturated carbocycles. The van der Waals surface area contributed by atoms with E-state index in [1.807, 2.05) is 19.9 Å². The molecule has 294 valence electrons. The van der Waals surface area contributed by atoms with Crippen LogP contribution in [0.2, 0.25) is 0 Å². The van der Waals surface area contributed by atoms with Crippen LogP contribution in [0, 0.1) is 29.6 Å². The summed E-state index contributed by atoms with van der Waals surface area (Å²) in [5.74, 6) is -5.45. The lowest BCUT2D eigenvalue weighted by Crippen LogP contribution is -2.57. The van der Waals surface area contributed by atoms with E-state index in [9.17, 15) is 39.6 Å². The Morgan fingerprint density at radius 3 is 2.37 bits per heavy atom. The number of esters is 1. The second kappa shape index (κ2) is 18.6. The maximum Gasteiger partial charge on any atom is 0.329 e. The molecule has 2 bridgehead atoms. The van der Waals surface area contributed by atoms with E-state index in [0.29, 0.717) is 44.1 Å². The molecule has 4 rings (SSSR count). The van der Waals surface area contributed by atoms with Crippen molar-refractivity contribution in [2.24, 2.45) is 29.6 Å². The zero-order valence-corrected chi connectivity index (χ0v) is 31.6. The summed E-state index contributed by atoms with van der Waals surface area (Å²) in [5, 5.41) is 44.2. The van der Waals surface area contributed by atoms with Crippen molar-refractivity contribution in [2.75, 3.05) is 20.8 Å². The Bertz CT molecular complexity index is 1320. The summed E-state index contributed by atoms with van der Waals surface area (Å²) in [6.45, 7) is 7.41. The number of aliphatic hydroxyl groups is 4. The van der Waals surface area contributed by atoms with E-state index in [4.69, 9.17) is 18.9 Å². The summed E-state index contributed by atoms with van der Waals surface area (Å²) < 4.78 is 23.7. The zero-order valence-electron chi connectivity index (χ0n) is 31.6. The number of fused-ring (bicyclic) bond motifs is 3. The second-order valence-electron chi connectivity index (χ2n) is 15.9. The number of allylic oxidation sites excluding steroid dienone is 3. The fourth-order valence-corrected chi connectivity index (χ4v) is 8.55. The standard InChI is InChI=1S/C39H61NO12/c1-22-14-28(42)10-11-29(43)19-32(45)25(4)36(23(2)16-26-9-12-31(44)33(18-26)49-5)51-38(47)30-8-7-13-40(30)35(46)20-39(48)24(3)17-27(21-41)37(52-39)34(15-22)50-6/h10,16,21-22,24-27,30-34,36-37,42,44-45,48H,7-9,11-15,17-20H2,1-6H3/b23-16+,28-10-/t22-,24+,25+,26-,27+,30-,31+,32-,33+,34-,36+,37-,39-/m0/s1. The van der Waals surface area contributed by atoms with Crippen LogP contribution in [0.3, 0.4) is 0 Å². The minimum Gasteiger partial charge on any atom is -0.513 e. The number of carbonyl (C=O) groups is 4. The number of rotatable bonds is 5. The molecule has 52 heavy (non-hydrogen) atoms. The maximum absolute atomic E-state index is 14.0. The molecule has 4 aliphatic rings. The number of amides is 1. The van der Waals surface area contributed by atoms with Crippen molar-refractivity contribution in [1.29, 1.82) is 0 Å². The fraction of sp³-hybridized carbons (Fsp3) is 0.795. The van der Waals surface area contributed by atoms with Gasteiger partial charge >= 0.3 is 5.97 Å². The number of nitrogens with zero attached hydrogens (tertiary/aromatic N) is 1. The van der Waals surface area contributed by atoms with Crippen molar-refractivity contribution in [3.05, 3.63) is 23.5 Å². The van der Waals surface area contributed by atoms with Crippen molar-refractivity contribution in [2.45, 2.75) is 147 Å². The molecule has 13 atom stereocenters.